The van der Waals surface area contributed by atoms with Crippen molar-refractivity contribution in [1.82, 2.24) is 0 Å². The van der Waals surface area contributed by atoms with Gasteiger partial charge in [-0.3, -0.25) is 0 Å². The van der Waals surface area contributed by atoms with Gasteiger partial charge in [-0.15, -0.1) is 0 Å². The van der Waals surface area contributed by atoms with E-state index in [9.17, 15) is 0 Å². The van der Waals surface area contributed by atoms with Gasteiger partial charge >= 0.3 is 6.15 Å². The van der Waals surface area contributed by atoms with E-state index in [4.69, 9.17) is 19.1 Å². The Kier molecular flexibility index (Phi) is 4.63. The topological polar surface area (TPSA) is 52.6 Å². The van der Waals surface area contributed by atoms with Gasteiger partial charge in [0, 0.05) is 12.8 Å². The highest BCUT2D eigenvalue weighted by Gasteiger charge is 2.38. The quantitative estimate of drug-likeness (QED) is 0.610. The minimum Gasteiger partial charge on any atom is -0.347 e. The molecule has 0 amide bonds. The fourth-order valence-electron chi connectivity index (χ4n) is 2.25. The summed E-state index contributed by atoms with van der Waals surface area (Å²) in [7, 11) is 0. The summed E-state index contributed by atoms with van der Waals surface area (Å²) in [5, 5.41) is 0. The van der Waals surface area contributed by atoms with E-state index in [2.05, 4.69) is 26.8 Å². The van der Waals surface area contributed by atoms with Crippen LogP contribution in [-0.2, 0) is 19.1 Å². The van der Waals surface area contributed by atoms with Crippen LogP contribution in [0.2, 0.25) is 0 Å². The first kappa shape index (κ1) is 14.1. The van der Waals surface area contributed by atoms with Gasteiger partial charge in [-0.05, 0) is 11.8 Å². The van der Waals surface area contributed by atoms with Gasteiger partial charge < -0.3 is 9.47 Å². The Labute approximate surface area is 102 Å². The van der Waals surface area contributed by atoms with Crippen LogP contribution < -0.4 is 0 Å². The van der Waals surface area contributed by atoms with E-state index in [0.717, 1.165) is 32.5 Å². The maximum Gasteiger partial charge on any atom is 0.373 e. The number of allylic oxidation sites excluding steroid dienone is 1. The molecule has 0 aromatic carbocycles. The number of hydrogen-bond donors (Lipinski definition) is 0. The summed E-state index contributed by atoms with van der Waals surface area (Å²) in [4.78, 5) is 16.2. The first-order chi connectivity index (χ1) is 7.93. The predicted molar refractivity (Wildman–Crippen MR) is 61.0 cm³/mol. The molecule has 4 heteroatoms. The fraction of sp³-hybridized carbons (Fsp3) is 0.769. The molecule has 17 heavy (non-hydrogen) atoms. The van der Waals surface area contributed by atoms with Crippen molar-refractivity contribution in [1.29, 1.82) is 0 Å². The molecule has 0 unspecified atom stereocenters. The first-order valence-corrected chi connectivity index (χ1v) is 5.90. The Morgan fingerprint density at radius 1 is 1.24 bits per heavy atom. The fourth-order valence-corrected chi connectivity index (χ4v) is 2.25. The Bertz CT molecular complexity index is 313. The molecule has 0 N–H and O–H groups in total. The summed E-state index contributed by atoms with van der Waals surface area (Å²) in [6.07, 6.45) is 5.63. The molecule has 4 nitrogen and oxygen atoms in total. The zero-order chi connectivity index (χ0) is 12.9. The summed E-state index contributed by atoms with van der Waals surface area (Å²) < 4.78 is 11.4. The summed E-state index contributed by atoms with van der Waals surface area (Å²) in [6.45, 7) is 8.34. The third-order valence-electron chi connectivity index (χ3n) is 3.21. The van der Waals surface area contributed by atoms with E-state index in [0.29, 0.717) is 5.41 Å². The van der Waals surface area contributed by atoms with Crippen molar-refractivity contribution in [2.24, 2.45) is 5.41 Å². The number of ether oxygens (including phenoxy) is 2. The Hall–Kier alpha value is -0.960. The number of carbonyl (C=O) groups excluding carboxylic acids is 2. The van der Waals surface area contributed by atoms with E-state index in [1.165, 1.54) is 0 Å². The minimum absolute atomic E-state index is 0.250. The van der Waals surface area contributed by atoms with Gasteiger partial charge in [0.15, 0.2) is 5.79 Å². The molecule has 1 aliphatic heterocycles. The van der Waals surface area contributed by atoms with Crippen LogP contribution in [0.1, 0.15) is 40.0 Å². The van der Waals surface area contributed by atoms with Crippen molar-refractivity contribution in [3.63, 3.8) is 0 Å². The molecule has 0 atom stereocenters. The number of rotatable bonds is 0. The largest absolute Gasteiger partial charge is 0.373 e. The average Bonchev–Trinajstić information content (AvgIpc) is 2.67. The standard InChI is InChI=1S/C12H20O2.CO2/c1-11(2,3)10-4-6-12(7-5-10)13-8-9-14-12;2-1-3/h4H,5-9H2,1-3H3;. The Balaban J connectivity index is 0.000000437. The molecule has 0 saturated carbocycles. The molecule has 1 saturated heterocycles. The van der Waals surface area contributed by atoms with Crippen LogP contribution in [0.4, 0.5) is 0 Å². The molecule has 1 spiro atoms. The highest BCUT2D eigenvalue weighted by molar-refractivity contribution is 5.20. The molecule has 2 rings (SSSR count). The van der Waals surface area contributed by atoms with Crippen molar-refractivity contribution in [2.45, 2.75) is 45.8 Å². The molecule has 1 aliphatic carbocycles. The Morgan fingerprint density at radius 2 is 1.76 bits per heavy atom. The van der Waals surface area contributed by atoms with Crippen molar-refractivity contribution < 1.29 is 19.1 Å². The van der Waals surface area contributed by atoms with Gasteiger partial charge in [0.2, 0.25) is 0 Å². The smallest absolute Gasteiger partial charge is 0.347 e. The van der Waals surface area contributed by atoms with Crippen LogP contribution in [0, 0.1) is 5.41 Å². The zero-order valence-corrected chi connectivity index (χ0v) is 10.7. The second-order valence-corrected chi connectivity index (χ2v) is 5.37. The monoisotopic (exact) mass is 240 g/mol. The van der Waals surface area contributed by atoms with E-state index < -0.39 is 0 Å². The lowest BCUT2D eigenvalue weighted by molar-refractivity contribution is -0.191. The molecule has 0 bridgehead atoms. The highest BCUT2D eigenvalue weighted by Crippen LogP contribution is 2.40. The van der Waals surface area contributed by atoms with Crippen molar-refractivity contribution in [3.8, 4) is 0 Å². The zero-order valence-electron chi connectivity index (χ0n) is 10.7. The van der Waals surface area contributed by atoms with Crippen LogP contribution in [0.15, 0.2) is 11.6 Å². The third-order valence-corrected chi connectivity index (χ3v) is 3.21. The van der Waals surface area contributed by atoms with Crippen LogP contribution in [0.25, 0.3) is 0 Å². The molecule has 1 heterocycles. The van der Waals surface area contributed by atoms with E-state index in [1.54, 1.807) is 5.57 Å². The van der Waals surface area contributed by atoms with Gasteiger partial charge in [-0.25, -0.2) is 0 Å². The van der Waals surface area contributed by atoms with Gasteiger partial charge in [0.25, 0.3) is 0 Å². The van der Waals surface area contributed by atoms with Gasteiger partial charge in [-0.2, -0.15) is 9.59 Å². The highest BCUT2D eigenvalue weighted by atomic mass is 16.7. The van der Waals surface area contributed by atoms with Crippen molar-refractivity contribution >= 4 is 6.15 Å². The predicted octanol–water partition coefficient (Wildman–Crippen LogP) is 2.30. The van der Waals surface area contributed by atoms with Gasteiger partial charge in [-0.1, -0.05) is 32.4 Å². The number of hydrogen-bond acceptors (Lipinski definition) is 4. The maximum absolute atomic E-state index is 8.12. The molecular formula is C13H20O4. The second-order valence-electron chi connectivity index (χ2n) is 5.37. The van der Waals surface area contributed by atoms with Crippen LogP contribution in [0.3, 0.4) is 0 Å². The lowest BCUT2D eigenvalue weighted by atomic mass is 9.79. The van der Waals surface area contributed by atoms with Crippen LogP contribution in [-0.4, -0.2) is 25.2 Å². The summed E-state index contributed by atoms with van der Waals surface area (Å²) >= 11 is 0. The van der Waals surface area contributed by atoms with Crippen LogP contribution >= 0.6 is 0 Å². The van der Waals surface area contributed by atoms with E-state index in [1.807, 2.05) is 0 Å². The lowest BCUT2D eigenvalue weighted by Crippen LogP contribution is -2.33. The van der Waals surface area contributed by atoms with Crippen LogP contribution in [0.5, 0.6) is 0 Å². The van der Waals surface area contributed by atoms with Crippen molar-refractivity contribution in [3.05, 3.63) is 11.6 Å². The second kappa shape index (κ2) is 5.58. The van der Waals surface area contributed by atoms with Gasteiger partial charge in [0.1, 0.15) is 0 Å². The van der Waals surface area contributed by atoms with E-state index >= 15 is 0 Å². The minimum atomic E-state index is -0.255. The molecule has 0 radical (unpaired) electrons. The molecular weight excluding hydrogens is 220 g/mol. The third kappa shape index (κ3) is 3.77. The average molecular weight is 240 g/mol. The SMILES string of the molecule is CC(C)(C)C1=CCC2(CC1)OCCO2.O=C=O. The normalized spacial score (nSPS) is 22.4. The molecule has 1 fully saturated rings. The molecule has 0 aromatic rings. The summed E-state index contributed by atoms with van der Waals surface area (Å²) in [5.41, 5.74) is 1.85. The summed E-state index contributed by atoms with van der Waals surface area (Å²) in [6, 6.07) is 0. The molecule has 0 aromatic heterocycles. The molecule has 96 valence electrons. The summed E-state index contributed by atoms with van der Waals surface area (Å²) in [5.74, 6) is -0.255. The van der Waals surface area contributed by atoms with Crippen molar-refractivity contribution in [2.75, 3.05) is 13.2 Å². The lowest BCUT2D eigenvalue weighted by Gasteiger charge is -2.34. The Morgan fingerprint density at radius 3 is 2.12 bits per heavy atom. The molecule has 2 aliphatic rings. The maximum atomic E-state index is 8.12. The van der Waals surface area contributed by atoms with Gasteiger partial charge in [0.05, 0.1) is 13.2 Å². The first-order valence-electron chi connectivity index (χ1n) is 5.90. The van der Waals surface area contributed by atoms with E-state index in [-0.39, 0.29) is 11.9 Å².